The zero-order valence-corrected chi connectivity index (χ0v) is 19.4. The molecule has 0 saturated carbocycles. The topological polar surface area (TPSA) is 92.6 Å². The third kappa shape index (κ3) is 3.62. The maximum atomic E-state index is 13.3. The van der Waals surface area contributed by atoms with Gasteiger partial charge in [-0.25, -0.2) is 0 Å². The zero-order valence-electron chi connectivity index (χ0n) is 18.6. The van der Waals surface area contributed by atoms with Crippen LogP contribution in [-0.4, -0.2) is 33.6 Å². The van der Waals surface area contributed by atoms with Gasteiger partial charge in [0.25, 0.3) is 5.78 Å². The summed E-state index contributed by atoms with van der Waals surface area (Å²) in [7, 11) is 0. The second-order valence-electron chi connectivity index (χ2n) is 7.80. The molecule has 34 heavy (non-hydrogen) atoms. The van der Waals surface area contributed by atoms with Crippen molar-refractivity contribution in [3.8, 4) is 5.75 Å². The van der Waals surface area contributed by atoms with E-state index >= 15 is 0 Å². The highest BCUT2D eigenvalue weighted by Gasteiger charge is 2.48. The van der Waals surface area contributed by atoms with Gasteiger partial charge in [-0.3, -0.25) is 14.5 Å². The van der Waals surface area contributed by atoms with E-state index in [1.54, 1.807) is 31.2 Å². The molecule has 3 aromatic carbocycles. The van der Waals surface area contributed by atoms with E-state index in [0.29, 0.717) is 28.1 Å². The second kappa shape index (κ2) is 8.72. The molecule has 0 unspecified atom stereocenters. The van der Waals surface area contributed by atoms with Crippen molar-refractivity contribution in [1.29, 1.82) is 0 Å². The standard InChI is InChI=1S/C26H21N3O4S/c1-3-33-18-13-11-17(12-14-18)23(30)21-22(20-10-6-8-16-7-4-5-9-19(16)20)29(25(32)24(21)31)26-28-27-15(2)34-26/h4-14,22,30H,3H2,1-2H3/b23-21+/t22-/m0/s1. The van der Waals surface area contributed by atoms with Crippen LogP contribution in [0.3, 0.4) is 0 Å². The molecule has 1 aliphatic rings. The Balaban J connectivity index is 1.74. The quantitative estimate of drug-likeness (QED) is 0.249. The van der Waals surface area contributed by atoms with Gasteiger partial charge in [0.2, 0.25) is 5.13 Å². The molecular weight excluding hydrogens is 450 g/mol. The summed E-state index contributed by atoms with van der Waals surface area (Å²) in [5.41, 5.74) is 1.15. The summed E-state index contributed by atoms with van der Waals surface area (Å²) in [6, 6.07) is 19.4. The van der Waals surface area contributed by atoms with Crippen LogP contribution in [0.5, 0.6) is 5.75 Å². The largest absolute Gasteiger partial charge is 0.507 e. The molecule has 170 valence electrons. The highest BCUT2D eigenvalue weighted by atomic mass is 32.1. The third-order valence-electron chi connectivity index (χ3n) is 5.72. The predicted molar refractivity (Wildman–Crippen MR) is 131 cm³/mol. The van der Waals surface area contributed by atoms with Crippen LogP contribution >= 0.6 is 11.3 Å². The third-order valence-corrected chi connectivity index (χ3v) is 6.56. The molecule has 0 radical (unpaired) electrons. The van der Waals surface area contributed by atoms with Gasteiger partial charge >= 0.3 is 5.91 Å². The molecule has 1 aliphatic heterocycles. The number of amides is 1. The van der Waals surface area contributed by atoms with Gasteiger partial charge in [-0.05, 0) is 54.4 Å². The van der Waals surface area contributed by atoms with Crippen molar-refractivity contribution in [2.24, 2.45) is 0 Å². The van der Waals surface area contributed by atoms with Crippen LogP contribution in [0, 0.1) is 6.92 Å². The number of rotatable bonds is 5. The van der Waals surface area contributed by atoms with Gasteiger partial charge in [-0.1, -0.05) is 53.8 Å². The molecule has 1 amide bonds. The van der Waals surface area contributed by atoms with E-state index < -0.39 is 17.7 Å². The van der Waals surface area contributed by atoms with E-state index in [1.807, 2.05) is 49.4 Å². The molecule has 0 spiro atoms. The smallest absolute Gasteiger partial charge is 0.301 e. The van der Waals surface area contributed by atoms with Crippen molar-refractivity contribution >= 4 is 44.7 Å². The number of anilines is 1. The number of aryl methyl sites for hydroxylation is 1. The number of carbonyl (C=O) groups is 2. The number of hydrogen-bond donors (Lipinski definition) is 1. The van der Waals surface area contributed by atoms with Crippen LogP contribution < -0.4 is 9.64 Å². The van der Waals surface area contributed by atoms with E-state index in [4.69, 9.17) is 4.74 Å². The second-order valence-corrected chi connectivity index (χ2v) is 8.96. The van der Waals surface area contributed by atoms with E-state index in [0.717, 1.165) is 16.3 Å². The number of carbonyl (C=O) groups excluding carboxylic acids is 2. The highest BCUT2D eigenvalue weighted by molar-refractivity contribution is 7.15. The van der Waals surface area contributed by atoms with Crippen molar-refractivity contribution in [3.63, 3.8) is 0 Å². The van der Waals surface area contributed by atoms with Gasteiger partial charge in [-0.15, -0.1) is 10.2 Å². The summed E-state index contributed by atoms with van der Waals surface area (Å²) >= 11 is 1.22. The first-order valence-electron chi connectivity index (χ1n) is 10.8. The Morgan fingerprint density at radius 1 is 1.03 bits per heavy atom. The average Bonchev–Trinajstić information content (AvgIpc) is 3.39. The molecule has 4 aromatic rings. The number of ether oxygens (including phenoxy) is 1. The number of ketones is 1. The van der Waals surface area contributed by atoms with Crippen molar-refractivity contribution in [1.82, 2.24) is 10.2 Å². The maximum Gasteiger partial charge on any atom is 0.301 e. The lowest BCUT2D eigenvalue weighted by Crippen LogP contribution is -2.29. The van der Waals surface area contributed by atoms with Gasteiger partial charge < -0.3 is 9.84 Å². The maximum absolute atomic E-state index is 13.3. The van der Waals surface area contributed by atoms with Crippen LogP contribution in [0.2, 0.25) is 0 Å². The monoisotopic (exact) mass is 471 g/mol. The number of aliphatic hydroxyl groups excluding tert-OH is 1. The first kappa shape index (κ1) is 21.8. The predicted octanol–water partition coefficient (Wildman–Crippen LogP) is 5.02. The lowest BCUT2D eigenvalue weighted by Gasteiger charge is -2.24. The molecule has 2 heterocycles. The van der Waals surface area contributed by atoms with Crippen molar-refractivity contribution in [3.05, 3.63) is 88.4 Å². The zero-order chi connectivity index (χ0) is 23.8. The summed E-state index contributed by atoms with van der Waals surface area (Å²) in [5, 5.41) is 22.3. The normalized spacial score (nSPS) is 17.5. The summed E-state index contributed by atoms with van der Waals surface area (Å²) < 4.78 is 5.48. The lowest BCUT2D eigenvalue weighted by atomic mass is 9.92. The minimum Gasteiger partial charge on any atom is -0.507 e. The molecule has 7 nitrogen and oxygen atoms in total. The summed E-state index contributed by atoms with van der Waals surface area (Å²) in [6.07, 6.45) is 0. The minimum atomic E-state index is -0.856. The van der Waals surface area contributed by atoms with Crippen LogP contribution in [-0.2, 0) is 9.59 Å². The molecule has 1 aromatic heterocycles. The summed E-state index contributed by atoms with van der Waals surface area (Å²) in [6.45, 7) is 4.18. The van der Waals surface area contributed by atoms with E-state index in [1.165, 1.54) is 16.2 Å². The Labute approximate surface area is 199 Å². The Bertz CT molecular complexity index is 1440. The van der Waals surface area contributed by atoms with Crippen LogP contribution in [0.1, 0.15) is 29.1 Å². The van der Waals surface area contributed by atoms with Gasteiger partial charge in [0.1, 0.15) is 16.5 Å². The number of aliphatic hydroxyl groups is 1. The number of aromatic nitrogens is 2. The molecule has 1 fully saturated rings. The number of fused-ring (bicyclic) bond motifs is 1. The van der Waals surface area contributed by atoms with Crippen molar-refractivity contribution in [2.45, 2.75) is 19.9 Å². The van der Waals surface area contributed by atoms with Crippen molar-refractivity contribution in [2.75, 3.05) is 11.5 Å². The Kier molecular flexibility index (Phi) is 5.59. The molecule has 1 saturated heterocycles. The van der Waals surface area contributed by atoms with Gasteiger partial charge in [0.15, 0.2) is 0 Å². The number of hydrogen-bond acceptors (Lipinski definition) is 7. The van der Waals surface area contributed by atoms with E-state index in [9.17, 15) is 14.7 Å². The first-order valence-corrected chi connectivity index (χ1v) is 11.6. The Hall–Kier alpha value is -4.04. The van der Waals surface area contributed by atoms with E-state index in [-0.39, 0.29) is 11.3 Å². The fourth-order valence-electron chi connectivity index (χ4n) is 4.23. The minimum absolute atomic E-state index is 0.0124. The Morgan fingerprint density at radius 2 is 1.76 bits per heavy atom. The number of nitrogens with zero attached hydrogens (tertiary/aromatic N) is 3. The molecule has 8 heteroatoms. The van der Waals surface area contributed by atoms with Crippen LogP contribution in [0.4, 0.5) is 5.13 Å². The molecular formula is C26H21N3O4S. The SMILES string of the molecule is CCOc1ccc(/C(O)=C2\C(=O)C(=O)N(c3nnc(C)s3)[C@H]2c2cccc3ccccc23)cc1. The van der Waals surface area contributed by atoms with Crippen LogP contribution in [0.15, 0.2) is 72.3 Å². The van der Waals surface area contributed by atoms with Crippen molar-refractivity contribution < 1.29 is 19.4 Å². The number of benzene rings is 3. The summed E-state index contributed by atoms with van der Waals surface area (Å²) in [4.78, 5) is 27.9. The first-order chi connectivity index (χ1) is 16.5. The summed E-state index contributed by atoms with van der Waals surface area (Å²) in [5.74, 6) is -1.11. The fourth-order valence-corrected chi connectivity index (χ4v) is 4.94. The highest BCUT2D eigenvalue weighted by Crippen LogP contribution is 2.44. The average molecular weight is 472 g/mol. The van der Waals surface area contributed by atoms with Crippen LogP contribution in [0.25, 0.3) is 16.5 Å². The van der Waals surface area contributed by atoms with Gasteiger partial charge in [0.05, 0.1) is 18.2 Å². The Morgan fingerprint density at radius 3 is 2.47 bits per heavy atom. The molecule has 5 rings (SSSR count). The molecule has 0 aliphatic carbocycles. The van der Waals surface area contributed by atoms with Gasteiger partial charge in [-0.2, -0.15) is 0 Å². The van der Waals surface area contributed by atoms with E-state index in [2.05, 4.69) is 10.2 Å². The molecule has 1 atom stereocenters. The fraction of sp³-hybridized carbons (Fsp3) is 0.154. The molecule has 1 N–H and O–H groups in total. The van der Waals surface area contributed by atoms with Gasteiger partial charge in [0, 0.05) is 5.56 Å². The lowest BCUT2D eigenvalue weighted by molar-refractivity contribution is -0.132. The molecule has 0 bridgehead atoms. The number of Topliss-reactive ketones (excluding diaryl/α,β-unsaturated/α-hetero) is 1.